The van der Waals surface area contributed by atoms with Crippen LogP contribution in [0.2, 0.25) is 0 Å². The molecule has 0 spiro atoms. The van der Waals surface area contributed by atoms with Crippen molar-refractivity contribution in [3.8, 4) is 0 Å². The zero-order valence-electron chi connectivity index (χ0n) is 13.4. The van der Waals surface area contributed by atoms with E-state index >= 15 is 0 Å². The molecule has 0 N–H and O–H groups in total. The van der Waals surface area contributed by atoms with Crippen LogP contribution in [-0.4, -0.2) is 73.9 Å². The third-order valence-electron chi connectivity index (χ3n) is 1.13. The molecule has 0 saturated heterocycles. The molecule has 0 unspecified atom stereocenters. The van der Waals surface area contributed by atoms with Crippen molar-refractivity contribution in [2.45, 2.75) is 22.0 Å². The van der Waals surface area contributed by atoms with Gasteiger partial charge in [0.25, 0.3) is 0 Å². The van der Waals surface area contributed by atoms with E-state index in [2.05, 4.69) is 0 Å². The van der Waals surface area contributed by atoms with Gasteiger partial charge < -0.3 is 18.2 Å². The van der Waals surface area contributed by atoms with Crippen LogP contribution in [0.5, 0.6) is 0 Å². The summed E-state index contributed by atoms with van der Waals surface area (Å²) in [6.07, 6.45) is 0. The number of hydrogen-bond donors (Lipinski definition) is 0. The Bertz CT molecular complexity index is 828. The predicted octanol–water partition coefficient (Wildman–Crippen LogP) is 0.203. The van der Waals surface area contributed by atoms with Crippen LogP contribution < -0.4 is 0 Å². The SMILES string of the molecule is O=S(=O)([O-])C(F)(F)F.O=S(=O)([O-])C(F)(F)F.O=S(=O)([O-])C(F)(F)F.O=S(=O)([O-])C(F)(F)F.[Re]. The van der Waals surface area contributed by atoms with Gasteiger partial charge in [-0.2, -0.15) is 52.7 Å². The second-order valence-corrected chi connectivity index (χ2v) is 9.08. The van der Waals surface area contributed by atoms with Gasteiger partial charge in [0.2, 0.25) is 0 Å². The van der Waals surface area contributed by atoms with Crippen molar-refractivity contribution in [3.05, 3.63) is 0 Å². The summed E-state index contributed by atoms with van der Waals surface area (Å²) in [5.41, 5.74) is -22.6. The van der Waals surface area contributed by atoms with E-state index in [0.29, 0.717) is 0 Å². The molecule has 0 rings (SSSR count). The Labute approximate surface area is 187 Å². The molecule has 29 heteroatoms. The van der Waals surface area contributed by atoms with Crippen LogP contribution in [0.4, 0.5) is 52.7 Å². The minimum atomic E-state index is -6.09. The van der Waals surface area contributed by atoms with E-state index < -0.39 is 62.5 Å². The molecule has 207 valence electrons. The average Bonchev–Trinajstić information content (AvgIpc) is 2.30. The van der Waals surface area contributed by atoms with Crippen molar-refractivity contribution in [1.29, 1.82) is 0 Å². The summed E-state index contributed by atoms with van der Waals surface area (Å²) in [4.78, 5) is 0. The zero-order chi connectivity index (χ0) is 28.0. The molecule has 0 aliphatic rings. The average molecular weight is 782 g/mol. The molecule has 0 heterocycles. The fourth-order valence-electron chi connectivity index (χ4n) is 0. The van der Waals surface area contributed by atoms with Crippen molar-refractivity contribution in [2.75, 3.05) is 0 Å². The summed E-state index contributed by atoms with van der Waals surface area (Å²) >= 11 is 0. The van der Waals surface area contributed by atoms with Crippen LogP contribution in [-0.2, 0) is 60.9 Å². The van der Waals surface area contributed by atoms with E-state index in [9.17, 15) is 52.7 Å². The second-order valence-electron chi connectivity index (χ2n) is 3.60. The van der Waals surface area contributed by atoms with Crippen molar-refractivity contribution in [1.82, 2.24) is 0 Å². The first-order valence-corrected chi connectivity index (χ1v) is 10.7. The zero-order valence-corrected chi connectivity index (χ0v) is 19.4. The Morgan fingerprint density at radius 1 is 0.333 bits per heavy atom. The molecule has 0 aliphatic carbocycles. The van der Waals surface area contributed by atoms with Crippen LogP contribution in [0.3, 0.4) is 0 Å². The monoisotopic (exact) mass is 783 g/mol. The Morgan fingerprint density at radius 2 is 0.364 bits per heavy atom. The molecule has 12 nitrogen and oxygen atoms in total. The summed E-state index contributed by atoms with van der Waals surface area (Å²) in [5, 5.41) is 0. The van der Waals surface area contributed by atoms with Crippen molar-refractivity contribution in [3.63, 3.8) is 0 Å². The van der Waals surface area contributed by atoms with Crippen molar-refractivity contribution >= 4 is 40.5 Å². The Balaban J connectivity index is -0.000000105. The third kappa shape index (κ3) is 21.7. The molecule has 33 heavy (non-hydrogen) atoms. The maximum Gasteiger partial charge on any atom is 0.485 e. The van der Waals surface area contributed by atoms with Gasteiger partial charge in [-0.15, -0.1) is 0 Å². The molecule has 0 aromatic heterocycles. The third-order valence-corrected chi connectivity index (χ3v) is 3.40. The van der Waals surface area contributed by atoms with Crippen LogP contribution >= 0.6 is 0 Å². The smallest absolute Gasteiger partial charge is 0.485 e. The number of halogens is 12. The normalized spacial score (nSPS) is 13.6. The second kappa shape index (κ2) is 13.0. The van der Waals surface area contributed by atoms with Gasteiger partial charge in [0.05, 0.1) is 0 Å². The fraction of sp³-hybridized carbons (Fsp3) is 1.00. The van der Waals surface area contributed by atoms with E-state index in [4.69, 9.17) is 51.9 Å². The fourth-order valence-corrected chi connectivity index (χ4v) is 0. The first-order chi connectivity index (χ1) is 13.0. The van der Waals surface area contributed by atoms with Gasteiger partial charge in [0.15, 0.2) is 40.5 Å². The Hall–Kier alpha value is -0.538. The van der Waals surface area contributed by atoms with Crippen molar-refractivity contribution in [2.24, 2.45) is 0 Å². The van der Waals surface area contributed by atoms with Crippen LogP contribution in [0.1, 0.15) is 0 Å². The van der Waals surface area contributed by atoms with E-state index in [1.165, 1.54) is 0 Å². The largest absolute Gasteiger partial charge is 0.741 e. The van der Waals surface area contributed by atoms with Gasteiger partial charge in [-0.1, -0.05) is 0 Å². The maximum atomic E-state index is 10.7. The molecular weight excluding hydrogens is 782 g/mol. The quantitative estimate of drug-likeness (QED) is 0.182. The number of alkyl halides is 12. The maximum absolute atomic E-state index is 10.7. The van der Waals surface area contributed by atoms with Crippen LogP contribution in [0, 0.1) is 0 Å². The summed E-state index contributed by atoms with van der Waals surface area (Å²) in [6, 6.07) is 0. The minimum absolute atomic E-state index is 0. The summed E-state index contributed by atoms with van der Waals surface area (Å²) < 4.78 is 236. The summed E-state index contributed by atoms with van der Waals surface area (Å²) in [5.74, 6) is 0. The van der Waals surface area contributed by atoms with Gasteiger partial charge in [0.1, 0.15) is 0 Å². The van der Waals surface area contributed by atoms with Gasteiger partial charge in [0, 0.05) is 20.4 Å². The molecular formula is C4F12O12ReS4-4. The van der Waals surface area contributed by atoms with E-state index in [1.807, 2.05) is 0 Å². The Morgan fingerprint density at radius 3 is 0.364 bits per heavy atom. The van der Waals surface area contributed by atoms with Crippen molar-refractivity contribution < 1.29 is 125 Å². The van der Waals surface area contributed by atoms with E-state index in [-0.39, 0.29) is 20.4 Å². The van der Waals surface area contributed by atoms with E-state index in [0.717, 1.165) is 0 Å². The molecule has 0 atom stereocenters. The molecule has 0 bridgehead atoms. The molecule has 1 radical (unpaired) electrons. The molecule has 0 saturated carbocycles. The summed E-state index contributed by atoms with van der Waals surface area (Å²) in [6.45, 7) is 0. The number of hydrogen-bond acceptors (Lipinski definition) is 12. The predicted molar refractivity (Wildman–Crippen MR) is 63.0 cm³/mol. The first kappa shape index (κ1) is 42.6. The molecule has 0 aliphatic heterocycles. The Kier molecular flexibility index (Phi) is 16.7. The van der Waals surface area contributed by atoms with E-state index in [1.54, 1.807) is 0 Å². The van der Waals surface area contributed by atoms with Gasteiger partial charge in [-0.25, -0.2) is 33.7 Å². The number of rotatable bonds is 0. The molecule has 0 fully saturated rings. The molecule has 0 amide bonds. The first-order valence-electron chi connectivity index (χ1n) is 5.08. The van der Waals surface area contributed by atoms with Gasteiger partial charge >= 0.3 is 22.0 Å². The van der Waals surface area contributed by atoms with Crippen LogP contribution in [0.25, 0.3) is 0 Å². The van der Waals surface area contributed by atoms with Gasteiger partial charge in [-0.05, 0) is 0 Å². The minimum Gasteiger partial charge on any atom is -0.741 e. The molecule has 0 aromatic carbocycles. The van der Waals surface area contributed by atoms with Gasteiger partial charge in [-0.3, -0.25) is 0 Å². The molecule has 0 aromatic rings. The van der Waals surface area contributed by atoms with Crippen LogP contribution in [0.15, 0.2) is 0 Å². The standard InChI is InChI=1S/4CHF3O3S.Re/c4*2-1(3,4)8(5,6)7;/h4*(H,5,6,7);/p-4. The summed E-state index contributed by atoms with van der Waals surface area (Å²) in [7, 11) is -24.4. The topological polar surface area (TPSA) is 229 Å².